The van der Waals surface area contributed by atoms with E-state index < -0.39 is 11.6 Å². The summed E-state index contributed by atoms with van der Waals surface area (Å²) in [6.45, 7) is 4.11. The highest BCUT2D eigenvalue weighted by Gasteiger charge is 2.64. The lowest BCUT2D eigenvalue weighted by molar-refractivity contribution is -0.680. The van der Waals surface area contributed by atoms with Crippen molar-refractivity contribution in [2.45, 2.75) is 81.8 Å². The molecule has 7 heteroatoms. The maximum absolute atomic E-state index is 10.4. The molecule has 1 aromatic carbocycles. The van der Waals surface area contributed by atoms with Crippen molar-refractivity contribution in [2.24, 2.45) is 23.7 Å². The van der Waals surface area contributed by atoms with Gasteiger partial charge >= 0.3 is 0 Å². The minimum absolute atomic E-state index is 0.379. The van der Waals surface area contributed by atoms with Gasteiger partial charge in [0.2, 0.25) is 11.6 Å². The summed E-state index contributed by atoms with van der Waals surface area (Å²) >= 11 is 0. The van der Waals surface area contributed by atoms with Crippen molar-refractivity contribution in [3.8, 4) is 5.75 Å². The molecular weight excluding hydrogens is 434 g/mol. The zero-order chi connectivity index (χ0) is 22.8. The van der Waals surface area contributed by atoms with E-state index in [-0.39, 0.29) is 0 Å². The average Bonchev–Trinajstić information content (AvgIpc) is 2.86. The van der Waals surface area contributed by atoms with Gasteiger partial charge in [-0.25, -0.2) is 0 Å². The first-order valence-corrected chi connectivity index (χ1v) is 13.5. The van der Waals surface area contributed by atoms with Gasteiger partial charge in [-0.05, 0) is 74.3 Å². The van der Waals surface area contributed by atoms with Crippen LogP contribution in [0.4, 0.5) is 0 Å². The minimum Gasteiger partial charge on any atom is -0.508 e. The van der Waals surface area contributed by atoms with Crippen LogP contribution in [-0.4, -0.2) is 47.9 Å². The number of benzene rings is 1. The zero-order valence-corrected chi connectivity index (χ0v) is 20.0. The quantitative estimate of drug-likeness (QED) is 0.644. The fourth-order valence-corrected chi connectivity index (χ4v) is 7.97. The van der Waals surface area contributed by atoms with E-state index in [1.54, 1.807) is 0 Å². The number of hydrogen-bond acceptors (Lipinski definition) is 7. The number of rotatable bonds is 3. The SMILES string of the molecule is Oc1ccc(C2CCC3(CC2)OOC2(OO3)C3CC4CC(C3)CC2C4)cc1CN1CCOCC1. The zero-order valence-electron chi connectivity index (χ0n) is 20.0. The van der Waals surface area contributed by atoms with Crippen LogP contribution in [0, 0.1) is 23.7 Å². The summed E-state index contributed by atoms with van der Waals surface area (Å²) in [5.41, 5.74) is 2.28. The van der Waals surface area contributed by atoms with E-state index in [0.717, 1.165) is 75.9 Å². The summed E-state index contributed by atoms with van der Waals surface area (Å²) in [6, 6.07) is 6.11. The lowest BCUT2D eigenvalue weighted by Crippen LogP contribution is -2.64. The van der Waals surface area contributed by atoms with Gasteiger partial charge in [0.25, 0.3) is 0 Å². The molecular formula is C27H37NO6. The number of phenols is 1. The number of nitrogens with zero attached hydrogens (tertiary/aromatic N) is 1. The fourth-order valence-electron chi connectivity index (χ4n) is 7.97. The Morgan fingerprint density at radius 1 is 0.853 bits per heavy atom. The molecule has 4 bridgehead atoms. The minimum atomic E-state index is -0.788. The predicted octanol–water partition coefficient (Wildman–Crippen LogP) is 4.64. The fraction of sp³-hybridized carbons (Fsp3) is 0.778. The number of hydrogen-bond donors (Lipinski definition) is 1. The lowest BCUT2D eigenvalue weighted by Gasteiger charge is -2.60. The van der Waals surface area contributed by atoms with Crippen molar-refractivity contribution in [2.75, 3.05) is 26.3 Å². The molecule has 5 saturated carbocycles. The molecule has 0 atom stereocenters. The van der Waals surface area contributed by atoms with Crippen LogP contribution in [-0.2, 0) is 30.8 Å². The Morgan fingerprint density at radius 2 is 1.50 bits per heavy atom. The molecule has 2 heterocycles. The first kappa shape index (κ1) is 22.0. The van der Waals surface area contributed by atoms with Gasteiger partial charge < -0.3 is 9.84 Å². The molecule has 0 unspecified atom stereocenters. The number of ether oxygens (including phenoxy) is 1. The van der Waals surface area contributed by atoms with Crippen LogP contribution in [0.25, 0.3) is 0 Å². The predicted molar refractivity (Wildman–Crippen MR) is 122 cm³/mol. The van der Waals surface area contributed by atoms with Crippen LogP contribution >= 0.6 is 0 Å². The molecule has 7 aliphatic rings. The van der Waals surface area contributed by atoms with Crippen molar-refractivity contribution in [3.63, 3.8) is 0 Å². The number of morpholine rings is 1. The van der Waals surface area contributed by atoms with Crippen LogP contribution in [0.3, 0.4) is 0 Å². The Kier molecular flexibility index (Phi) is 5.46. The van der Waals surface area contributed by atoms with E-state index in [9.17, 15) is 5.11 Å². The van der Waals surface area contributed by atoms with Crippen molar-refractivity contribution in [1.29, 1.82) is 0 Å². The highest BCUT2D eigenvalue weighted by molar-refractivity contribution is 5.38. The maximum atomic E-state index is 10.4. The lowest BCUT2D eigenvalue weighted by atomic mass is 9.53. The summed E-state index contributed by atoms with van der Waals surface area (Å²) in [7, 11) is 0. The number of phenolic OH excluding ortho intramolecular Hbond substituents is 1. The van der Waals surface area contributed by atoms with Gasteiger partial charge in [-0.1, -0.05) is 12.1 Å². The van der Waals surface area contributed by atoms with E-state index in [2.05, 4.69) is 17.0 Å². The molecule has 1 N–H and O–H groups in total. The van der Waals surface area contributed by atoms with Gasteiger partial charge in [-0.3, -0.25) is 4.90 Å². The van der Waals surface area contributed by atoms with E-state index in [1.807, 2.05) is 6.07 Å². The third-order valence-corrected chi connectivity index (χ3v) is 9.74. The molecule has 0 amide bonds. The molecule has 2 saturated heterocycles. The summed E-state index contributed by atoms with van der Waals surface area (Å²) in [5, 5.41) is 10.4. The third kappa shape index (κ3) is 3.71. The van der Waals surface area contributed by atoms with Gasteiger partial charge in [-0.2, -0.15) is 19.6 Å². The second-order valence-corrected chi connectivity index (χ2v) is 11.8. The maximum Gasteiger partial charge on any atom is 0.239 e. The van der Waals surface area contributed by atoms with Crippen LogP contribution < -0.4 is 0 Å². The van der Waals surface area contributed by atoms with Crippen LogP contribution in [0.1, 0.15) is 74.8 Å². The molecule has 1 aromatic rings. The monoisotopic (exact) mass is 471 g/mol. The molecule has 186 valence electrons. The molecule has 2 aliphatic heterocycles. The standard InChI is InChI=1S/C27H37NO6/c29-25-2-1-21(16-22(25)17-28-7-9-30-10-8-28)20-3-5-26(6-4-20)31-33-27(34-32-26)23-12-18-11-19(14-23)15-24(27)13-18/h1-2,16,18-20,23-24,29H,3-15,17H2. The first-order chi connectivity index (χ1) is 16.6. The van der Waals surface area contributed by atoms with Gasteiger partial charge in [0.15, 0.2) is 0 Å². The van der Waals surface area contributed by atoms with Crippen LogP contribution in [0.15, 0.2) is 18.2 Å². The highest BCUT2D eigenvalue weighted by atomic mass is 17.4. The first-order valence-electron chi connectivity index (χ1n) is 13.5. The largest absolute Gasteiger partial charge is 0.508 e. The smallest absolute Gasteiger partial charge is 0.239 e. The Bertz CT molecular complexity index is 866. The van der Waals surface area contributed by atoms with Crippen LogP contribution in [0.5, 0.6) is 5.75 Å². The van der Waals surface area contributed by atoms with Crippen LogP contribution in [0.2, 0.25) is 0 Å². The van der Waals surface area contributed by atoms with E-state index >= 15 is 0 Å². The average molecular weight is 472 g/mol. The van der Waals surface area contributed by atoms with Crippen molar-refractivity contribution < 1.29 is 29.4 Å². The van der Waals surface area contributed by atoms with E-state index in [0.29, 0.717) is 23.5 Å². The number of aromatic hydroxyl groups is 1. The molecule has 2 spiro atoms. The van der Waals surface area contributed by atoms with Gasteiger partial charge in [0.1, 0.15) is 5.75 Å². The molecule has 7 fully saturated rings. The summed E-state index contributed by atoms with van der Waals surface area (Å²) in [6.07, 6.45) is 9.50. The van der Waals surface area contributed by atoms with Crippen molar-refractivity contribution >= 4 is 0 Å². The molecule has 7 nitrogen and oxygen atoms in total. The third-order valence-electron chi connectivity index (χ3n) is 9.74. The second kappa shape index (κ2) is 8.43. The van der Waals surface area contributed by atoms with Crippen molar-refractivity contribution in [1.82, 2.24) is 4.90 Å². The summed E-state index contributed by atoms with van der Waals surface area (Å²) in [4.78, 5) is 27.0. The van der Waals surface area contributed by atoms with E-state index in [4.69, 9.17) is 24.3 Å². The van der Waals surface area contributed by atoms with Gasteiger partial charge in [-0.15, -0.1) is 0 Å². The molecule has 0 aromatic heterocycles. The normalized spacial score (nSPS) is 44.2. The van der Waals surface area contributed by atoms with Crippen molar-refractivity contribution in [3.05, 3.63) is 29.3 Å². The second-order valence-electron chi connectivity index (χ2n) is 11.8. The Labute approximate surface area is 201 Å². The topological polar surface area (TPSA) is 69.6 Å². The highest BCUT2D eigenvalue weighted by Crippen LogP contribution is 2.62. The Balaban J connectivity index is 0.991. The Morgan fingerprint density at radius 3 is 2.15 bits per heavy atom. The van der Waals surface area contributed by atoms with Gasteiger partial charge in [0.05, 0.1) is 13.2 Å². The molecule has 0 radical (unpaired) electrons. The molecule has 8 rings (SSSR count). The van der Waals surface area contributed by atoms with Gasteiger partial charge in [0, 0.05) is 49.9 Å². The van der Waals surface area contributed by atoms with E-state index in [1.165, 1.54) is 37.7 Å². The summed E-state index contributed by atoms with van der Waals surface area (Å²) < 4.78 is 5.46. The molecule has 5 aliphatic carbocycles. The summed E-state index contributed by atoms with van der Waals surface area (Å²) in [5.74, 6) is 1.81. The Hall–Kier alpha value is -1.22. The molecule has 34 heavy (non-hydrogen) atoms.